The highest BCUT2D eigenvalue weighted by Crippen LogP contribution is 2.19. The first-order chi connectivity index (χ1) is 10.7. The zero-order chi connectivity index (χ0) is 15.8. The molecule has 0 aromatic carbocycles. The van der Waals surface area contributed by atoms with Gasteiger partial charge >= 0.3 is 0 Å². The summed E-state index contributed by atoms with van der Waals surface area (Å²) in [5.41, 5.74) is 0. The smallest absolute Gasteiger partial charge is 0.226 e. The second-order valence-electron chi connectivity index (χ2n) is 4.70. The largest absolute Gasteiger partial charge is 0.378 e. The van der Waals surface area contributed by atoms with Gasteiger partial charge in [0.15, 0.2) is 6.29 Å². The van der Waals surface area contributed by atoms with Crippen LogP contribution in [0, 0.1) is 0 Å². The molecule has 7 nitrogen and oxygen atoms in total. The zero-order valence-corrected chi connectivity index (χ0v) is 13.8. The van der Waals surface area contributed by atoms with Crippen LogP contribution in [0.4, 0.5) is 11.6 Å². The fraction of sp³-hybridized carbons (Fsp3) is 0.714. The molecular weight excluding hydrogens is 308 g/mol. The van der Waals surface area contributed by atoms with Crippen LogP contribution in [0.25, 0.3) is 0 Å². The molecule has 1 N–H and O–H groups in total. The molecule has 2 rings (SSSR count). The summed E-state index contributed by atoms with van der Waals surface area (Å²) in [4.78, 5) is 10.6. The average Bonchev–Trinajstić information content (AvgIpc) is 2.53. The number of hydrogen-bond donors (Lipinski definition) is 1. The third-order valence-corrected chi connectivity index (χ3v) is 3.34. The lowest BCUT2D eigenvalue weighted by Crippen LogP contribution is -2.37. The van der Waals surface area contributed by atoms with Gasteiger partial charge in [0.1, 0.15) is 11.6 Å². The van der Waals surface area contributed by atoms with Crippen LogP contribution >= 0.6 is 11.6 Å². The molecule has 0 unspecified atom stereocenters. The molecule has 0 bridgehead atoms. The van der Waals surface area contributed by atoms with E-state index in [1.807, 2.05) is 19.9 Å². The normalized spacial score (nSPS) is 15.4. The number of hydrogen-bond acceptors (Lipinski definition) is 7. The fourth-order valence-electron chi connectivity index (χ4n) is 2.18. The Morgan fingerprint density at radius 3 is 2.59 bits per heavy atom. The van der Waals surface area contributed by atoms with Gasteiger partial charge in [0.2, 0.25) is 5.28 Å². The highest BCUT2D eigenvalue weighted by molar-refractivity contribution is 6.28. The van der Waals surface area contributed by atoms with Crippen molar-refractivity contribution < 1.29 is 14.2 Å². The maximum atomic E-state index is 6.02. The lowest BCUT2D eigenvalue weighted by Gasteiger charge is -2.28. The Hall–Kier alpha value is -1.15. The molecule has 0 radical (unpaired) electrons. The van der Waals surface area contributed by atoms with E-state index in [2.05, 4.69) is 20.2 Å². The van der Waals surface area contributed by atoms with E-state index in [0.29, 0.717) is 38.8 Å². The van der Waals surface area contributed by atoms with E-state index >= 15 is 0 Å². The van der Waals surface area contributed by atoms with Crippen molar-refractivity contribution in [1.82, 2.24) is 9.97 Å². The number of nitrogens with zero attached hydrogens (tertiary/aromatic N) is 3. The van der Waals surface area contributed by atoms with Gasteiger partial charge in [-0.05, 0) is 25.4 Å². The number of halogens is 1. The van der Waals surface area contributed by atoms with Crippen LogP contribution in [0.1, 0.15) is 13.8 Å². The maximum absolute atomic E-state index is 6.02. The van der Waals surface area contributed by atoms with Crippen LogP contribution in [0.3, 0.4) is 0 Å². The van der Waals surface area contributed by atoms with Crippen LogP contribution in [0.15, 0.2) is 6.07 Å². The van der Waals surface area contributed by atoms with Crippen molar-refractivity contribution in [3.63, 3.8) is 0 Å². The number of morpholine rings is 1. The Morgan fingerprint density at radius 1 is 1.27 bits per heavy atom. The molecular formula is C14H23ClN4O3. The molecule has 2 heterocycles. The van der Waals surface area contributed by atoms with Crippen LogP contribution in [0.2, 0.25) is 5.28 Å². The summed E-state index contributed by atoms with van der Waals surface area (Å²) in [5, 5.41) is 3.41. The van der Waals surface area contributed by atoms with E-state index in [4.69, 9.17) is 25.8 Å². The predicted molar refractivity (Wildman–Crippen MR) is 85.6 cm³/mol. The van der Waals surface area contributed by atoms with Crippen LogP contribution in [-0.4, -0.2) is 62.3 Å². The van der Waals surface area contributed by atoms with Gasteiger partial charge in [0.25, 0.3) is 0 Å². The molecule has 124 valence electrons. The molecule has 1 aromatic heterocycles. The molecule has 0 aliphatic carbocycles. The number of anilines is 2. The molecule has 1 saturated heterocycles. The quantitative estimate of drug-likeness (QED) is 0.575. The van der Waals surface area contributed by atoms with Gasteiger partial charge in [0.05, 0.1) is 19.8 Å². The van der Waals surface area contributed by atoms with Gasteiger partial charge in [-0.3, -0.25) is 0 Å². The molecule has 0 spiro atoms. The van der Waals surface area contributed by atoms with Crippen molar-refractivity contribution in [2.45, 2.75) is 20.1 Å². The van der Waals surface area contributed by atoms with E-state index in [1.165, 1.54) is 0 Å². The van der Waals surface area contributed by atoms with Gasteiger partial charge in [-0.1, -0.05) is 0 Å². The molecule has 1 aliphatic heterocycles. The van der Waals surface area contributed by atoms with Crippen molar-refractivity contribution in [2.75, 3.05) is 56.3 Å². The molecule has 0 saturated carbocycles. The van der Waals surface area contributed by atoms with Crippen molar-refractivity contribution in [3.05, 3.63) is 11.3 Å². The highest BCUT2D eigenvalue weighted by Gasteiger charge is 2.15. The summed E-state index contributed by atoms with van der Waals surface area (Å²) in [7, 11) is 0. The van der Waals surface area contributed by atoms with E-state index in [1.54, 1.807) is 0 Å². The summed E-state index contributed by atoms with van der Waals surface area (Å²) >= 11 is 6.02. The Bertz CT molecular complexity index is 452. The second-order valence-corrected chi connectivity index (χ2v) is 5.04. The molecule has 0 amide bonds. The standard InChI is InChI=1S/C14H23ClN4O3/c1-3-21-13(22-4-2)10-16-11-9-12(18-14(15)17-11)19-5-7-20-8-6-19/h9,13H,3-8,10H2,1-2H3,(H,16,17,18). The topological polar surface area (TPSA) is 68.7 Å². The van der Waals surface area contributed by atoms with Gasteiger partial charge < -0.3 is 24.4 Å². The summed E-state index contributed by atoms with van der Waals surface area (Å²) in [6.07, 6.45) is -0.310. The lowest BCUT2D eigenvalue weighted by molar-refractivity contribution is -0.126. The maximum Gasteiger partial charge on any atom is 0.226 e. The number of ether oxygens (including phenoxy) is 3. The Labute approximate surface area is 135 Å². The minimum atomic E-state index is -0.310. The van der Waals surface area contributed by atoms with Crippen LogP contribution in [0.5, 0.6) is 0 Å². The van der Waals surface area contributed by atoms with Crippen LogP contribution in [-0.2, 0) is 14.2 Å². The predicted octanol–water partition coefficient (Wildman–Crippen LogP) is 1.78. The minimum absolute atomic E-state index is 0.218. The molecule has 1 fully saturated rings. The Kier molecular flexibility index (Phi) is 7.11. The van der Waals surface area contributed by atoms with Gasteiger partial charge in [-0.2, -0.15) is 0 Å². The SMILES string of the molecule is CCOC(CNc1cc(N2CCOCC2)nc(Cl)n1)OCC. The lowest BCUT2D eigenvalue weighted by atomic mass is 10.4. The monoisotopic (exact) mass is 330 g/mol. The van der Waals surface area contributed by atoms with E-state index in [-0.39, 0.29) is 11.6 Å². The van der Waals surface area contributed by atoms with E-state index < -0.39 is 0 Å². The summed E-state index contributed by atoms with van der Waals surface area (Å²) in [6.45, 7) is 8.54. The Morgan fingerprint density at radius 2 is 1.95 bits per heavy atom. The number of nitrogens with one attached hydrogen (secondary N) is 1. The van der Waals surface area contributed by atoms with Gasteiger partial charge in [-0.15, -0.1) is 0 Å². The first-order valence-electron chi connectivity index (χ1n) is 7.57. The molecule has 8 heteroatoms. The van der Waals surface area contributed by atoms with E-state index in [0.717, 1.165) is 18.9 Å². The van der Waals surface area contributed by atoms with Gasteiger partial charge in [-0.25, -0.2) is 9.97 Å². The summed E-state index contributed by atoms with van der Waals surface area (Å²) < 4.78 is 16.3. The van der Waals surface area contributed by atoms with Crippen LogP contribution < -0.4 is 10.2 Å². The van der Waals surface area contributed by atoms with Gasteiger partial charge in [0, 0.05) is 32.4 Å². The third kappa shape index (κ3) is 5.24. The first kappa shape index (κ1) is 17.2. The highest BCUT2D eigenvalue weighted by atomic mass is 35.5. The van der Waals surface area contributed by atoms with Crippen molar-refractivity contribution in [3.8, 4) is 0 Å². The average molecular weight is 331 g/mol. The number of rotatable bonds is 8. The first-order valence-corrected chi connectivity index (χ1v) is 7.95. The molecule has 1 aliphatic rings. The van der Waals surface area contributed by atoms with E-state index in [9.17, 15) is 0 Å². The van der Waals surface area contributed by atoms with Crippen molar-refractivity contribution in [1.29, 1.82) is 0 Å². The minimum Gasteiger partial charge on any atom is -0.378 e. The molecule has 22 heavy (non-hydrogen) atoms. The van der Waals surface area contributed by atoms with Crippen molar-refractivity contribution >= 4 is 23.2 Å². The third-order valence-electron chi connectivity index (χ3n) is 3.18. The summed E-state index contributed by atoms with van der Waals surface area (Å²) in [6, 6.07) is 1.88. The molecule has 1 aromatic rings. The summed E-state index contributed by atoms with van der Waals surface area (Å²) in [5.74, 6) is 1.46. The fourth-order valence-corrected chi connectivity index (χ4v) is 2.35. The van der Waals surface area contributed by atoms with Crippen molar-refractivity contribution in [2.24, 2.45) is 0 Å². The molecule has 0 atom stereocenters. The Balaban J connectivity index is 1.99. The number of aromatic nitrogens is 2. The second kappa shape index (κ2) is 9.09. The zero-order valence-electron chi connectivity index (χ0n) is 13.0.